The predicted octanol–water partition coefficient (Wildman–Crippen LogP) is 2.91. The van der Waals surface area contributed by atoms with Gasteiger partial charge in [0.1, 0.15) is 11.4 Å². The molecule has 2 rings (SSSR count). The van der Waals surface area contributed by atoms with Gasteiger partial charge in [-0.2, -0.15) is 0 Å². The molecule has 0 radical (unpaired) electrons. The molecule has 0 spiro atoms. The van der Waals surface area contributed by atoms with Crippen LogP contribution in [0.3, 0.4) is 0 Å². The summed E-state index contributed by atoms with van der Waals surface area (Å²) in [6, 6.07) is 0. The minimum Gasteiger partial charge on any atom is -0.370 e. The van der Waals surface area contributed by atoms with Crippen LogP contribution in [0.25, 0.3) is 0 Å². The van der Waals surface area contributed by atoms with Crippen LogP contribution in [0.1, 0.15) is 51.8 Å². The summed E-state index contributed by atoms with van der Waals surface area (Å²) < 4.78 is 7.63. The van der Waals surface area contributed by atoms with Crippen molar-refractivity contribution in [2.24, 2.45) is 12.5 Å². The summed E-state index contributed by atoms with van der Waals surface area (Å²) in [5.41, 5.74) is -0.220. The monoisotopic (exact) mass is 278 g/mol. The van der Waals surface area contributed by atoms with Crippen molar-refractivity contribution in [3.05, 3.63) is 18.2 Å². The van der Waals surface area contributed by atoms with Crippen molar-refractivity contribution in [1.29, 1.82) is 0 Å². The van der Waals surface area contributed by atoms with Crippen molar-refractivity contribution in [2.75, 3.05) is 7.11 Å². The zero-order valence-corrected chi connectivity index (χ0v) is 13.1. The fourth-order valence-electron chi connectivity index (χ4n) is 3.02. The molecule has 4 nitrogen and oxygen atoms in total. The molecule has 0 bridgehead atoms. The molecule has 1 saturated carbocycles. The van der Waals surface area contributed by atoms with E-state index in [2.05, 4.69) is 18.8 Å². The molecule has 112 valence electrons. The van der Waals surface area contributed by atoms with Crippen LogP contribution in [0.4, 0.5) is 0 Å². The van der Waals surface area contributed by atoms with E-state index in [1.165, 1.54) is 0 Å². The van der Waals surface area contributed by atoms with Gasteiger partial charge < -0.3 is 9.30 Å². The molecule has 1 aliphatic carbocycles. The molecule has 0 aromatic carbocycles. The molecule has 1 heterocycles. The van der Waals surface area contributed by atoms with Gasteiger partial charge in [-0.3, -0.25) is 4.79 Å². The highest BCUT2D eigenvalue weighted by Gasteiger charge is 2.43. The average Bonchev–Trinajstić information content (AvgIpc) is 2.82. The van der Waals surface area contributed by atoms with E-state index in [1.807, 2.05) is 17.8 Å². The third-order valence-electron chi connectivity index (χ3n) is 4.81. The minimum absolute atomic E-state index is 0.235. The number of methoxy groups -OCH3 is 1. The van der Waals surface area contributed by atoms with Gasteiger partial charge in [0.15, 0.2) is 5.78 Å². The van der Waals surface area contributed by atoms with Gasteiger partial charge in [-0.1, -0.05) is 13.8 Å². The van der Waals surface area contributed by atoms with Gasteiger partial charge in [0.25, 0.3) is 0 Å². The number of ether oxygens (including phenoxy) is 1. The summed E-state index contributed by atoms with van der Waals surface area (Å²) >= 11 is 0. The molecule has 0 aliphatic heterocycles. The summed E-state index contributed by atoms with van der Waals surface area (Å²) in [5, 5.41) is 0. The van der Waals surface area contributed by atoms with E-state index in [0.29, 0.717) is 18.3 Å². The number of carbonyl (C=O) groups is 1. The van der Waals surface area contributed by atoms with Crippen LogP contribution in [-0.2, 0) is 23.0 Å². The standard InChI is InChI=1S/C16H26N2O2/c1-15(2)7-9-16(20-4,10-8-15)13(19)5-6-14-17-11-12-18(14)3/h11-12H,5-10H2,1-4H3. The second-order valence-electron chi connectivity index (χ2n) is 6.74. The normalized spacial score (nSPS) is 20.8. The maximum Gasteiger partial charge on any atom is 0.165 e. The van der Waals surface area contributed by atoms with Gasteiger partial charge in [0.2, 0.25) is 0 Å². The second-order valence-corrected chi connectivity index (χ2v) is 6.74. The van der Waals surface area contributed by atoms with Gasteiger partial charge in [-0.25, -0.2) is 4.98 Å². The largest absolute Gasteiger partial charge is 0.370 e. The number of ketones is 1. The van der Waals surface area contributed by atoms with E-state index in [-0.39, 0.29) is 5.78 Å². The number of carbonyl (C=O) groups excluding carboxylic acids is 1. The van der Waals surface area contributed by atoms with Crippen molar-refractivity contribution in [2.45, 2.75) is 58.0 Å². The Labute approximate surface area is 121 Å². The Hall–Kier alpha value is -1.16. The number of hydrogen-bond acceptors (Lipinski definition) is 3. The number of nitrogens with zero attached hydrogens (tertiary/aromatic N) is 2. The molecule has 1 aliphatic rings. The first-order valence-corrected chi connectivity index (χ1v) is 7.43. The van der Waals surface area contributed by atoms with Crippen LogP contribution in [0, 0.1) is 5.41 Å². The lowest BCUT2D eigenvalue weighted by Crippen LogP contribution is -2.45. The highest BCUT2D eigenvalue weighted by Crippen LogP contribution is 2.42. The summed E-state index contributed by atoms with van der Waals surface area (Å²) in [4.78, 5) is 16.9. The Kier molecular flexibility index (Phi) is 4.33. The maximum atomic E-state index is 12.6. The van der Waals surface area contributed by atoms with Gasteiger partial charge in [0.05, 0.1) is 0 Å². The Bertz CT molecular complexity index is 467. The van der Waals surface area contributed by atoms with E-state index >= 15 is 0 Å². The lowest BCUT2D eigenvalue weighted by atomic mass is 9.69. The van der Waals surface area contributed by atoms with Crippen LogP contribution in [0.2, 0.25) is 0 Å². The molecule has 4 heteroatoms. The second kappa shape index (κ2) is 5.68. The van der Waals surface area contributed by atoms with Gasteiger partial charge in [-0.15, -0.1) is 0 Å². The molecular weight excluding hydrogens is 252 g/mol. The van der Waals surface area contributed by atoms with Crippen molar-refractivity contribution in [1.82, 2.24) is 9.55 Å². The fraction of sp³-hybridized carbons (Fsp3) is 0.750. The van der Waals surface area contributed by atoms with Crippen molar-refractivity contribution in [3.8, 4) is 0 Å². The van der Waals surface area contributed by atoms with Crippen LogP contribution in [0.15, 0.2) is 12.4 Å². The zero-order chi connectivity index (χ0) is 14.8. The highest BCUT2D eigenvalue weighted by molar-refractivity contribution is 5.87. The van der Waals surface area contributed by atoms with Crippen LogP contribution < -0.4 is 0 Å². The van der Waals surface area contributed by atoms with Gasteiger partial charge in [0, 0.05) is 39.4 Å². The first-order chi connectivity index (χ1) is 9.38. The molecule has 0 N–H and O–H groups in total. The molecule has 0 atom stereocenters. The zero-order valence-electron chi connectivity index (χ0n) is 13.1. The molecule has 20 heavy (non-hydrogen) atoms. The molecule has 0 amide bonds. The number of Topliss-reactive ketones (excluding diaryl/α,β-unsaturated/α-hetero) is 1. The Balaban J connectivity index is 1.98. The van der Waals surface area contributed by atoms with Crippen molar-refractivity contribution < 1.29 is 9.53 Å². The van der Waals surface area contributed by atoms with Crippen molar-refractivity contribution in [3.63, 3.8) is 0 Å². The number of aryl methyl sites for hydroxylation is 2. The van der Waals surface area contributed by atoms with Gasteiger partial charge in [-0.05, 0) is 31.1 Å². The molecule has 1 aromatic rings. The summed E-state index contributed by atoms with van der Waals surface area (Å²) in [5.74, 6) is 1.19. The number of aromatic nitrogens is 2. The minimum atomic E-state index is -0.555. The first-order valence-electron chi connectivity index (χ1n) is 7.43. The van der Waals surface area contributed by atoms with Crippen LogP contribution >= 0.6 is 0 Å². The average molecular weight is 278 g/mol. The molecule has 1 aromatic heterocycles. The number of rotatable bonds is 5. The molecule has 0 saturated heterocycles. The Morgan fingerprint density at radius 3 is 2.50 bits per heavy atom. The van der Waals surface area contributed by atoms with Crippen LogP contribution in [-0.4, -0.2) is 28.0 Å². The first kappa shape index (κ1) is 15.2. The predicted molar refractivity (Wildman–Crippen MR) is 78.5 cm³/mol. The van der Waals surface area contributed by atoms with E-state index in [0.717, 1.165) is 31.5 Å². The topological polar surface area (TPSA) is 44.1 Å². The fourth-order valence-corrected chi connectivity index (χ4v) is 3.02. The Morgan fingerprint density at radius 2 is 2.00 bits per heavy atom. The Morgan fingerprint density at radius 1 is 1.35 bits per heavy atom. The SMILES string of the molecule is COC1(C(=O)CCc2nccn2C)CCC(C)(C)CC1. The molecule has 0 unspecified atom stereocenters. The van der Waals surface area contributed by atoms with Crippen LogP contribution in [0.5, 0.6) is 0 Å². The molecular formula is C16H26N2O2. The summed E-state index contributed by atoms with van der Waals surface area (Å²) in [6.07, 6.45) is 8.68. The smallest absolute Gasteiger partial charge is 0.165 e. The van der Waals surface area contributed by atoms with E-state index in [4.69, 9.17) is 4.74 Å². The lowest BCUT2D eigenvalue weighted by molar-refractivity contribution is -0.148. The number of hydrogen-bond donors (Lipinski definition) is 0. The quantitative estimate of drug-likeness (QED) is 0.832. The molecule has 1 fully saturated rings. The maximum absolute atomic E-state index is 12.6. The van der Waals surface area contributed by atoms with E-state index in [1.54, 1.807) is 13.3 Å². The summed E-state index contributed by atoms with van der Waals surface area (Å²) in [7, 11) is 3.64. The van der Waals surface area contributed by atoms with Gasteiger partial charge >= 0.3 is 0 Å². The highest BCUT2D eigenvalue weighted by atomic mass is 16.5. The lowest BCUT2D eigenvalue weighted by Gasteiger charge is -2.41. The van der Waals surface area contributed by atoms with Crippen molar-refractivity contribution >= 4 is 5.78 Å². The van der Waals surface area contributed by atoms with E-state index in [9.17, 15) is 4.79 Å². The summed E-state index contributed by atoms with van der Waals surface area (Å²) in [6.45, 7) is 4.54. The number of imidazole rings is 1. The third-order valence-corrected chi connectivity index (χ3v) is 4.81. The van der Waals surface area contributed by atoms with E-state index < -0.39 is 5.60 Å². The third kappa shape index (κ3) is 3.11.